The fourth-order valence-corrected chi connectivity index (χ4v) is 2.77. The van der Waals surface area contributed by atoms with Crippen LogP contribution >= 0.6 is 0 Å². The summed E-state index contributed by atoms with van der Waals surface area (Å²) >= 11 is 0. The van der Waals surface area contributed by atoms with Gasteiger partial charge >= 0.3 is 5.97 Å². The number of carboxylic acids is 1. The van der Waals surface area contributed by atoms with Gasteiger partial charge < -0.3 is 20.6 Å². The normalized spacial score (nSPS) is 27.4. The van der Waals surface area contributed by atoms with Crippen LogP contribution in [0.5, 0.6) is 0 Å². The number of amides is 2. The van der Waals surface area contributed by atoms with Gasteiger partial charge in [-0.2, -0.15) is 0 Å². The third kappa shape index (κ3) is 3.09. The molecular weight excluding hydrogens is 262 g/mol. The van der Waals surface area contributed by atoms with Gasteiger partial charge in [0.05, 0.1) is 6.04 Å². The Morgan fingerprint density at radius 3 is 2.65 bits per heavy atom. The molecule has 0 aromatic heterocycles. The number of hydrogen-bond donors (Lipinski definition) is 3. The summed E-state index contributed by atoms with van der Waals surface area (Å²) in [6.45, 7) is 2.81. The summed E-state index contributed by atoms with van der Waals surface area (Å²) in [5, 5.41) is 14.4. The number of carbonyl (C=O) groups excluding carboxylic acids is 2. The first-order valence-corrected chi connectivity index (χ1v) is 7.07. The summed E-state index contributed by atoms with van der Waals surface area (Å²) < 4.78 is 0. The molecule has 7 nitrogen and oxygen atoms in total. The van der Waals surface area contributed by atoms with Crippen LogP contribution in [0.3, 0.4) is 0 Å². The Hall–Kier alpha value is -1.63. The van der Waals surface area contributed by atoms with Gasteiger partial charge in [0.25, 0.3) is 0 Å². The van der Waals surface area contributed by atoms with Crippen molar-refractivity contribution in [2.45, 2.75) is 50.7 Å². The summed E-state index contributed by atoms with van der Waals surface area (Å²) in [5.41, 5.74) is 0. The van der Waals surface area contributed by atoms with E-state index in [4.69, 9.17) is 5.11 Å². The van der Waals surface area contributed by atoms with Gasteiger partial charge in [-0.15, -0.1) is 0 Å². The first-order valence-electron chi connectivity index (χ1n) is 7.07. The summed E-state index contributed by atoms with van der Waals surface area (Å²) in [6, 6.07) is -1.67. The number of rotatable bonds is 4. The summed E-state index contributed by atoms with van der Waals surface area (Å²) in [4.78, 5) is 36.8. The molecule has 2 amide bonds. The van der Waals surface area contributed by atoms with Crippen LogP contribution in [0.4, 0.5) is 0 Å². The zero-order chi connectivity index (χ0) is 14.7. The van der Waals surface area contributed by atoms with E-state index in [0.717, 1.165) is 25.8 Å². The number of carbonyl (C=O) groups is 3. The molecule has 3 N–H and O–H groups in total. The zero-order valence-electron chi connectivity index (χ0n) is 11.6. The van der Waals surface area contributed by atoms with Gasteiger partial charge in [0.15, 0.2) is 0 Å². The Morgan fingerprint density at radius 1 is 1.30 bits per heavy atom. The molecule has 0 aromatic carbocycles. The molecule has 2 rings (SSSR count). The SMILES string of the molecule is CC(NC(=O)C1CCCN1C(=O)C1CCCN1)C(=O)O. The first kappa shape index (κ1) is 14.8. The van der Waals surface area contributed by atoms with E-state index in [1.54, 1.807) is 4.90 Å². The van der Waals surface area contributed by atoms with Crippen LogP contribution in [0.15, 0.2) is 0 Å². The van der Waals surface area contributed by atoms with Gasteiger partial charge in [0.2, 0.25) is 11.8 Å². The van der Waals surface area contributed by atoms with Crippen LogP contribution in [-0.4, -0.2) is 59.0 Å². The van der Waals surface area contributed by atoms with Gasteiger partial charge in [0.1, 0.15) is 12.1 Å². The molecule has 112 valence electrons. The second kappa shape index (κ2) is 6.21. The smallest absolute Gasteiger partial charge is 0.325 e. The van der Waals surface area contributed by atoms with Crippen molar-refractivity contribution in [1.82, 2.24) is 15.5 Å². The maximum absolute atomic E-state index is 12.3. The largest absolute Gasteiger partial charge is 0.480 e. The fraction of sp³-hybridized carbons (Fsp3) is 0.769. The van der Waals surface area contributed by atoms with Crippen LogP contribution in [0.25, 0.3) is 0 Å². The number of nitrogens with zero attached hydrogens (tertiary/aromatic N) is 1. The highest BCUT2D eigenvalue weighted by Crippen LogP contribution is 2.20. The number of nitrogens with one attached hydrogen (secondary N) is 2. The highest BCUT2D eigenvalue weighted by molar-refractivity contribution is 5.92. The van der Waals surface area contributed by atoms with Gasteiger partial charge in [-0.1, -0.05) is 0 Å². The van der Waals surface area contributed by atoms with Crippen molar-refractivity contribution in [3.63, 3.8) is 0 Å². The maximum atomic E-state index is 12.3. The van der Waals surface area contributed by atoms with Crippen LogP contribution in [0.2, 0.25) is 0 Å². The lowest BCUT2D eigenvalue weighted by Crippen LogP contribution is -2.53. The number of carboxylic acid groups (broad SMARTS) is 1. The molecule has 20 heavy (non-hydrogen) atoms. The second-order valence-electron chi connectivity index (χ2n) is 5.41. The average molecular weight is 283 g/mol. The number of hydrogen-bond acceptors (Lipinski definition) is 4. The minimum absolute atomic E-state index is 0.0388. The van der Waals surface area contributed by atoms with E-state index in [2.05, 4.69) is 10.6 Å². The maximum Gasteiger partial charge on any atom is 0.325 e. The topological polar surface area (TPSA) is 98.7 Å². The van der Waals surface area contributed by atoms with Crippen molar-refractivity contribution < 1.29 is 19.5 Å². The predicted octanol–water partition coefficient (Wildman–Crippen LogP) is -0.681. The van der Waals surface area contributed by atoms with Gasteiger partial charge in [-0.3, -0.25) is 14.4 Å². The summed E-state index contributed by atoms with van der Waals surface area (Å²) in [6.07, 6.45) is 3.14. The quantitative estimate of drug-likeness (QED) is 0.635. The van der Waals surface area contributed by atoms with E-state index in [9.17, 15) is 14.4 Å². The minimum Gasteiger partial charge on any atom is -0.480 e. The molecule has 3 atom stereocenters. The molecule has 3 unspecified atom stereocenters. The lowest BCUT2D eigenvalue weighted by molar-refractivity contribution is -0.143. The summed E-state index contributed by atoms with van der Waals surface area (Å²) in [5.74, 6) is -1.49. The Morgan fingerprint density at radius 2 is 2.05 bits per heavy atom. The molecule has 2 aliphatic rings. The molecule has 0 aliphatic carbocycles. The fourth-order valence-electron chi connectivity index (χ4n) is 2.77. The first-order chi connectivity index (χ1) is 9.50. The Kier molecular flexibility index (Phi) is 4.59. The highest BCUT2D eigenvalue weighted by Gasteiger charge is 2.38. The lowest BCUT2D eigenvalue weighted by Gasteiger charge is -2.27. The van der Waals surface area contributed by atoms with Gasteiger partial charge in [0, 0.05) is 6.54 Å². The Balaban J connectivity index is 1.97. The van der Waals surface area contributed by atoms with E-state index < -0.39 is 18.1 Å². The van der Waals surface area contributed by atoms with E-state index in [1.807, 2.05) is 0 Å². The molecule has 2 fully saturated rings. The van der Waals surface area contributed by atoms with Gasteiger partial charge in [-0.25, -0.2) is 0 Å². The Labute approximate surface area is 117 Å². The molecule has 0 spiro atoms. The van der Waals surface area contributed by atoms with E-state index in [-0.39, 0.29) is 17.9 Å². The highest BCUT2D eigenvalue weighted by atomic mass is 16.4. The van der Waals surface area contributed by atoms with Crippen molar-refractivity contribution in [3.05, 3.63) is 0 Å². The minimum atomic E-state index is -1.08. The molecule has 0 radical (unpaired) electrons. The predicted molar refractivity (Wildman–Crippen MR) is 71.0 cm³/mol. The molecule has 7 heteroatoms. The molecule has 0 bridgehead atoms. The van der Waals surface area contributed by atoms with E-state index in [1.165, 1.54) is 6.92 Å². The van der Waals surface area contributed by atoms with Crippen LogP contribution in [0.1, 0.15) is 32.6 Å². The molecule has 2 saturated heterocycles. The molecule has 2 heterocycles. The number of aliphatic carboxylic acids is 1. The van der Waals surface area contributed by atoms with Crippen LogP contribution in [0, 0.1) is 0 Å². The second-order valence-corrected chi connectivity index (χ2v) is 5.41. The van der Waals surface area contributed by atoms with Crippen molar-refractivity contribution >= 4 is 17.8 Å². The van der Waals surface area contributed by atoms with Crippen molar-refractivity contribution in [3.8, 4) is 0 Å². The summed E-state index contributed by atoms with van der Waals surface area (Å²) in [7, 11) is 0. The lowest BCUT2D eigenvalue weighted by atomic mass is 10.1. The molecule has 0 aromatic rings. The molecular formula is C13H21N3O4. The van der Waals surface area contributed by atoms with E-state index >= 15 is 0 Å². The Bertz CT molecular complexity index is 406. The van der Waals surface area contributed by atoms with Crippen molar-refractivity contribution in [2.75, 3.05) is 13.1 Å². The number of likely N-dealkylation sites (tertiary alicyclic amines) is 1. The standard InChI is InChI=1S/C13H21N3O4/c1-8(13(19)20)15-11(17)10-5-3-7-16(10)12(18)9-4-2-6-14-9/h8-10,14H,2-7H2,1H3,(H,15,17)(H,19,20). The van der Waals surface area contributed by atoms with Crippen molar-refractivity contribution in [2.24, 2.45) is 0 Å². The third-order valence-corrected chi connectivity index (χ3v) is 3.93. The van der Waals surface area contributed by atoms with Crippen LogP contribution in [-0.2, 0) is 14.4 Å². The van der Waals surface area contributed by atoms with Crippen molar-refractivity contribution in [1.29, 1.82) is 0 Å². The molecule has 2 aliphatic heterocycles. The van der Waals surface area contributed by atoms with Crippen LogP contribution < -0.4 is 10.6 Å². The monoisotopic (exact) mass is 283 g/mol. The zero-order valence-corrected chi connectivity index (χ0v) is 11.6. The molecule has 0 saturated carbocycles. The van der Waals surface area contributed by atoms with Gasteiger partial charge in [-0.05, 0) is 39.2 Å². The van der Waals surface area contributed by atoms with E-state index in [0.29, 0.717) is 13.0 Å². The average Bonchev–Trinajstić information content (AvgIpc) is 3.08. The third-order valence-electron chi connectivity index (χ3n) is 3.93.